The summed E-state index contributed by atoms with van der Waals surface area (Å²) in [6.45, 7) is 4.29. The number of hydrogen-bond donors (Lipinski definition) is 1. The van der Waals surface area contributed by atoms with Crippen LogP contribution in [0.25, 0.3) is 10.8 Å². The second-order valence-corrected chi connectivity index (χ2v) is 6.32. The van der Waals surface area contributed by atoms with Crippen LogP contribution in [0.2, 0.25) is 0 Å². The quantitative estimate of drug-likeness (QED) is 0.632. The third kappa shape index (κ3) is 3.18. The Balaban J connectivity index is 1.94. The number of Topliss-reactive ketones (excluding diaryl/α,β-unsaturated/α-hetero) is 1. The topological polar surface area (TPSA) is 37.3 Å². The van der Waals surface area contributed by atoms with Crippen molar-refractivity contribution < 1.29 is 9.90 Å². The first kappa shape index (κ1) is 16.3. The second-order valence-electron chi connectivity index (χ2n) is 6.32. The number of phenolic OH excluding ortho intramolecular Hbond substituents is 1. The summed E-state index contributed by atoms with van der Waals surface area (Å²) in [4.78, 5) is 12.8. The zero-order valence-corrected chi connectivity index (χ0v) is 14.1. The highest BCUT2D eigenvalue weighted by atomic mass is 16.3. The molecule has 0 radical (unpaired) electrons. The molecule has 24 heavy (non-hydrogen) atoms. The molecular formula is C22H22O2. The summed E-state index contributed by atoms with van der Waals surface area (Å²) >= 11 is 0. The van der Waals surface area contributed by atoms with E-state index in [1.54, 1.807) is 6.07 Å². The number of hydrogen-bond acceptors (Lipinski definition) is 2. The Labute approximate surface area is 142 Å². The number of benzene rings is 3. The van der Waals surface area contributed by atoms with Crippen molar-refractivity contribution in [3.63, 3.8) is 0 Å². The monoisotopic (exact) mass is 318 g/mol. The van der Waals surface area contributed by atoms with Crippen molar-refractivity contribution in [2.75, 3.05) is 0 Å². The van der Waals surface area contributed by atoms with Crippen LogP contribution in [-0.4, -0.2) is 10.9 Å². The highest BCUT2D eigenvalue weighted by Crippen LogP contribution is 2.27. The first-order chi connectivity index (χ1) is 11.6. The number of rotatable bonds is 5. The van der Waals surface area contributed by atoms with Gasteiger partial charge in [-0.15, -0.1) is 0 Å². The maximum absolute atomic E-state index is 12.8. The van der Waals surface area contributed by atoms with Crippen LogP contribution in [0.4, 0.5) is 0 Å². The SMILES string of the molecule is CCC(C)c1ccc(O)c(CC(=O)c2cccc3ccccc23)c1. The molecule has 0 fully saturated rings. The fourth-order valence-corrected chi connectivity index (χ4v) is 3.03. The Bertz CT molecular complexity index is 875. The lowest BCUT2D eigenvalue weighted by Crippen LogP contribution is -2.05. The van der Waals surface area contributed by atoms with E-state index in [2.05, 4.69) is 13.8 Å². The van der Waals surface area contributed by atoms with E-state index >= 15 is 0 Å². The molecule has 0 saturated heterocycles. The van der Waals surface area contributed by atoms with E-state index in [4.69, 9.17) is 0 Å². The number of aromatic hydroxyl groups is 1. The van der Waals surface area contributed by atoms with Gasteiger partial charge < -0.3 is 5.11 Å². The van der Waals surface area contributed by atoms with Gasteiger partial charge in [0.15, 0.2) is 5.78 Å². The maximum Gasteiger partial charge on any atom is 0.167 e. The molecule has 0 heterocycles. The molecule has 0 aliphatic heterocycles. The van der Waals surface area contributed by atoms with Crippen molar-refractivity contribution in [3.05, 3.63) is 77.4 Å². The van der Waals surface area contributed by atoms with Crippen LogP contribution in [0.3, 0.4) is 0 Å². The molecule has 3 rings (SSSR count). The average molecular weight is 318 g/mol. The van der Waals surface area contributed by atoms with Crippen molar-refractivity contribution in [2.45, 2.75) is 32.6 Å². The molecule has 3 aromatic rings. The highest BCUT2D eigenvalue weighted by Gasteiger charge is 2.14. The molecule has 3 aromatic carbocycles. The van der Waals surface area contributed by atoms with E-state index in [-0.39, 0.29) is 18.0 Å². The van der Waals surface area contributed by atoms with E-state index in [9.17, 15) is 9.90 Å². The Kier molecular flexibility index (Phi) is 4.66. The van der Waals surface area contributed by atoms with Crippen LogP contribution in [0.5, 0.6) is 5.75 Å². The summed E-state index contributed by atoms with van der Waals surface area (Å²) in [7, 11) is 0. The summed E-state index contributed by atoms with van der Waals surface area (Å²) in [5.41, 5.74) is 2.57. The van der Waals surface area contributed by atoms with Crippen LogP contribution in [0.15, 0.2) is 60.7 Å². The Morgan fingerprint density at radius 1 is 1.04 bits per heavy atom. The zero-order chi connectivity index (χ0) is 17.1. The van der Waals surface area contributed by atoms with Crippen LogP contribution in [-0.2, 0) is 6.42 Å². The molecule has 2 heteroatoms. The largest absolute Gasteiger partial charge is 0.508 e. The van der Waals surface area contributed by atoms with E-state index in [1.807, 2.05) is 54.6 Å². The van der Waals surface area contributed by atoms with Crippen LogP contribution < -0.4 is 0 Å². The Morgan fingerprint density at radius 2 is 1.79 bits per heavy atom. The van der Waals surface area contributed by atoms with Gasteiger partial charge in [-0.1, -0.05) is 68.4 Å². The van der Waals surface area contributed by atoms with Crippen molar-refractivity contribution in [1.29, 1.82) is 0 Å². The first-order valence-electron chi connectivity index (χ1n) is 8.43. The summed E-state index contributed by atoms with van der Waals surface area (Å²) in [6, 6.07) is 19.3. The van der Waals surface area contributed by atoms with Gasteiger partial charge >= 0.3 is 0 Å². The lowest BCUT2D eigenvalue weighted by atomic mass is 9.93. The number of ketones is 1. The van der Waals surface area contributed by atoms with Crippen molar-refractivity contribution in [1.82, 2.24) is 0 Å². The lowest BCUT2D eigenvalue weighted by molar-refractivity contribution is 0.0993. The molecule has 1 atom stereocenters. The van der Waals surface area contributed by atoms with Crippen molar-refractivity contribution in [3.8, 4) is 5.75 Å². The summed E-state index contributed by atoms with van der Waals surface area (Å²) in [6.07, 6.45) is 1.24. The van der Waals surface area contributed by atoms with Gasteiger partial charge in [-0.2, -0.15) is 0 Å². The number of carbonyl (C=O) groups is 1. The molecule has 2 nitrogen and oxygen atoms in total. The molecule has 0 spiro atoms. The number of carbonyl (C=O) groups excluding carboxylic acids is 1. The summed E-state index contributed by atoms with van der Waals surface area (Å²) < 4.78 is 0. The smallest absolute Gasteiger partial charge is 0.167 e. The van der Waals surface area contributed by atoms with Gasteiger partial charge in [0.1, 0.15) is 5.75 Å². The third-order valence-electron chi connectivity index (χ3n) is 4.73. The normalized spacial score (nSPS) is 12.2. The maximum atomic E-state index is 12.8. The molecule has 0 aliphatic rings. The predicted molar refractivity (Wildman–Crippen MR) is 98.8 cm³/mol. The average Bonchev–Trinajstić information content (AvgIpc) is 2.62. The zero-order valence-electron chi connectivity index (χ0n) is 14.1. The minimum atomic E-state index is 0.0309. The van der Waals surface area contributed by atoms with Crippen molar-refractivity contribution in [2.24, 2.45) is 0 Å². The fourth-order valence-electron chi connectivity index (χ4n) is 3.03. The fraction of sp³-hybridized carbons (Fsp3) is 0.227. The third-order valence-corrected chi connectivity index (χ3v) is 4.73. The van der Waals surface area contributed by atoms with Gasteiger partial charge in [0.05, 0.1) is 0 Å². The molecule has 1 N–H and O–H groups in total. The predicted octanol–water partition coefficient (Wildman–Crippen LogP) is 5.48. The van der Waals surface area contributed by atoms with Crippen LogP contribution in [0, 0.1) is 0 Å². The summed E-state index contributed by atoms with van der Waals surface area (Å²) in [5, 5.41) is 12.2. The first-order valence-corrected chi connectivity index (χ1v) is 8.43. The second kappa shape index (κ2) is 6.88. The molecule has 0 amide bonds. The molecule has 1 unspecified atom stereocenters. The summed E-state index contributed by atoms with van der Waals surface area (Å²) in [5.74, 6) is 0.635. The number of phenols is 1. The van der Waals surface area contributed by atoms with E-state index in [0.29, 0.717) is 17.0 Å². The van der Waals surface area contributed by atoms with Gasteiger partial charge in [0.2, 0.25) is 0 Å². The number of fused-ring (bicyclic) bond motifs is 1. The van der Waals surface area contributed by atoms with E-state index in [1.165, 1.54) is 0 Å². The van der Waals surface area contributed by atoms with Gasteiger partial charge in [-0.05, 0) is 34.7 Å². The van der Waals surface area contributed by atoms with E-state index < -0.39 is 0 Å². The van der Waals surface area contributed by atoms with Crippen molar-refractivity contribution >= 4 is 16.6 Å². The molecule has 0 saturated carbocycles. The van der Waals surface area contributed by atoms with Gasteiger partial charge in [0, 0.05) is 17.5 Å². The lowest BCUT2D eigenvalue weighted by Gasteiger charge is -2.12. The van der Waals surface area contributed by atoms with Crippen LogP contribution >= 0.6 is 0 Å². The van der Waals surface area contributed by atoms with Gasteiger partial charge in [-0.25, -0.2) is 0 Å². The van der Waals surface area contributed by atoms with E-state index in [0.717, 1.165) is 22.8 Å². The Morgan fingerprint density at radius 3 is 2.58 bits per heavy atom. The Hall–Kier alpha value is -2.61. The molecule has 0 aliphatic carbocycles. The molecular weight excluding hydrogens is 296 g/mol. The van der Waals surface area contributed by atoms with Crippen LogP contribution in [0.1, 0.15) is 47.7 Å². The van der Waals surface area contributed by atoms with Gasteiger partial charge in [-0.3, -0.25) is 4.79 Å². The molecule has 122 valence electrons. The minimum absolute atomic E-state index is 0.0309. The highest BCUT2D eigenvalue weighted by molar-refractivity contribution is 6.09. The molecule has 0 aromatic heterocycles. The molecule has 0 bridgehead atoms. The minimum Gasteiger partial charge on any atom is -0.508 e. The van der Waals surface area contributed by atoms with Gasteiger partial charge in [0.25, 0.3) is 0 Å². The standard InChI is InChI=1S/C22H22O2/c1-3-15(2)17-11-12-21(23)18(13-17)14-22(24)20-10-6-8-16-7-4-5-9-19(16)20/h4-13,15,23H,3,14H2,1-2H3.